The van der Waals surface area contributed by atoms with E-state index in [4.69, 9.17) is 16.7 Å². The molecule has 4 aromatic rings. The van der Waals surface area contributed by atoms with Crippen LogP contribution in [-0.2, 0) is 9.84 Å². The standard InChI is InChI=1S/C25H20N4O3S/c1-33(31,32)21-7-3-5-17(13-21)18-10-11-22-23(14-18)20(15-28-25(22)27)9-8-16-4-2-6-19(12-16)24(26)29-30/h2-7,10-15,30H,1H3,(H2,26,29)(H2,27,28). The summed E-state index contributed by atoms with van der Waals surface area (Å²) in [7, 11) is -3.33. The molecule has 0 fully saturated rings. The number of benzene rings is 3. The summed E-state index contributed by atoms with van der Waals surface area (Å²) in [5.41, 5.74) is 15.2. The molecule has 0 bridgehead atoms. The van der Waals surface area contributed by atoms with Gasteiger partial charge in [-0.2, -0.15) is 0 Å². The first-order valence-electron chi connectivity index (χ1n) is 9.85. The molecule has 1 heterocycles. The van der Waals surface area contributed by atoms with Crippen LogP contribution in [0.3, 0.4) is 0 Å². The van der Waals surface area contributed by atoms with Gasteiger partial charge in [-0.3, -0.25) is 0 Å². The largest absolute Gasteiger partial charge is 0.409 e. The van der Waals surface area contributed by atoms with E-state index < -0.39 is 9.84 Å². The number of aromatic nitrogens is 1. The van der Waals surface area contributed by atoms with Gasteiger partial charge < -0.3 is 16.7 Å². The third kappa shape index (κ3) is 4.63. The van der Waals surface area contributed by atoms with E-state index in [0.29, 0.717) is 22.5 Å². The van der Waals surface area contributed by atoms with Gasteiger partial charge in [0.25, 0.3) is 0 Å². The summed E-state index contributed by atoms with van der Waals surface area (Å²) in [6.07, 6.45) is 2.79. The first-order chi connectivity index (χ1) is 15.8. The normalized spacial score (nSPS) is 11.7. The zero-order valence-corrected chi connectivity index (χ0v) is 18.5. The Bertz CT molecular complexity index is 1580. The van der Waals surface area contributed by atoms with E-state index in [1.807, 2.05) is 30.3 Å². The topological polar surface area (TPSA) is 132 Å². The van der Waals surface area contributed by atoms with E-state index >= 15 is 0 Å². The number of amidine groups is 1. The smallest absolute Gasteiger partial charge is 0.175 e. The Morgan fingerprint density at radius 2 is 1.73 bits per heavy atom. The van der Waals surface area contributed by atoms with Crippen molar-refractivity contribution in [3.8, 4) is 23.0 Å². The fourth-order valence-corrected chi connectivity index (χ4v) is 4.07. The molecule has 33 heavy (non-hydrogen) atoms. The number of oxime groups is 1. The summed E-state index contributed by atoms with van der Waals surface area (Å²) in [5.74, 6) is 6.58. The van der Waals surface area contributed by atoms with Crippen LogP contribution in [0.4, 0.5) is 5.82 Å². The Labute approximate surface area is 191 Å². The third-order valence-electron chi connectivity index (χ3n) is 5.12. The van der Waals surface area contributed by atoms with Gasteiger partial charge in [-0.05, 0) is 41.5 Å². The number of anilines is 1. The minimum Gasteiger partial charge on any atom is -0.409 e. The van der Waals surface area contributed by atoms with Gasteiger partial charge in [0.1, 0.15) is 5.82 Å². The summed E-state index contributed by atoms with van der Waals surface area (Å²) in [4.78, 5) is 4.50. The predicted octanol–water partition coefficient (Wildman–Crippen LogP) is 3.38. The summed E-state index contributed by atoms with van der Waals surface area (Å²) < 4.78 is 23.9. The van der Waals surface area contributed by atoms with E-state index in [9.17, 15) is 8.42 Å². The van der Waals surface area contributed by atoms with E-state index in [1.54, 1.807) is 42.6 Å². The van der Waals surface area contributed by atoms with E-state index in [0.717, 1.165) is 21.9 Å². The number of sulfone groups is 1. The zero-order chi connectivity index (χ0) is 23.6. The van der Waals surface area contributed by atoms with Crippen molar-refractivity contribution in [2.24, 2.45) is 10.9 Å². The molecule has 0 amide bonds. The summed E-state index contributed by atoms with van der Waals surface area (Å²) in [6, 6.07) is 19.5. The highest BCUT2D eigenvalue weighted by Crippen LogP contribution is 2.29. The molecule has 0 atom stereocenters. The number of fused-ring (bicyclic) bond motifs is 1. The van der Waals surface area contributed by atoms with Crippen LogP contribution < -0.4 is 11.5 Å². The highest BCUT2D eigenvalue weighted by Gasteiger charge is 2.10. The third-order valence-corrected chi connectivity index (χ3v) is 6.23. The van der Waals surface area contributed by atoms with Crippen LogP contribution >= 0.6 is 0 Å². The van der Waals surface area contributed by atoms with Crippen molar-refractivity contribution in [1.29, 1.82) is 0 Å². The van der Waals surface area contributed by atoms with Gasteiger partial charge in [0.05, 0.1) is 10.5 Å². The molecule has 0 aliphatic heterocycles. The molecule has 0 unspecified atom stereocenters. The SMILES string of the molecule is CS(=O)(=O)c1cccc(-c2ccc3c(N)ncc(C#Cc4cccc(C(N)=NO)c4)c3c2)c1. The monoisotopic (exact) mass is 456 g/mol. The Kier molecular flexibility index (Phi) is 5.73. The zero-order valence-electron chi connectivity index (χ0n) is 17.6. The molecular weight excluding hydrogens is 436 g/mol. The van der Waals surface area contributed by atoms with Gasteiger partial charge in [-0.15, -0.1) is 0 Å². The van der Waals surface area contributed by atoms with Crippen molar-refractivity contribution in [2.45, 2.75) is 4.90 Å². The van der Waals surface area contributed by atoms with E-state index in [-0.39, 0.29) is 10.7 Å². The molecule has 8 heteroatoms. The van der Waals surface area contributed by atoms with Gasteiger partial charge in [-0.1, -0.05) is 53.4 Å². The lowest BCUT2D eigenvalue weighted by atomic mass is 9.99. The molecule has 0 radical (unpaired) electrons. The number of nitrogen functional groups attached to an aromatic ring is 1. The van der Waals surface area contributed by atoms with Crippen LogP contribution in [0, 0.1) is 11.8 Å². The van der Waals surface area contributed by atoms with Crippen molar-refractivity contribution >= 4 is 32.3 Å². The maximum atomic E-state index is 12.0. The lowest BCUT2D eigenvalue weighted by molar-refractivity contribution is 0.318. The van der Waals surface area contributed by atoms with Crippen LogP contribution in [0.5, 0.6) is 0 Å². The maximum absolute atomic E-state index is 12.0. The fraction of sp³-hybridized carbons (Fsp3) is 0.0400. The molecular formula is C25H20N4O3S. The molecule has 0 aliphatic rings. The lowest BCUT2D eigenvalue weighted by Gasteiger charge is -2.09. The molecule has 3 aromatic carbocycles. The van der Waals surface area contributed by atoms with Crippen molar-refractivity contribution in [3.05, 3.63) is 89.6 Å². The highest BCUT2D eigenvalue weighted by molar-refractivity contribution is 7.90. The van der Waals surface area contributed by atoms with Crippen LogP contribution in [0.1, 0.15) is 16.7 Å². The quantitative estimate of drug-likeness (QED) is 0.142. The summed E-state index contributed by atoms with van der Waals surface area (Å²) >= 11 is 0. The van der Waals surface area contributed by atoms with Gasteiger partial charge >= 0.3 is 0 Å². The highest BCUT2D eigenvalue weighted by atomic mass is 32.2. The Balaban J connectivity index is 1.82. The molecule has 5 N–H and O–H groups in total. The Morgan fingerprint density at radius 3 is 2.48 bits per heavy atom. The maximum Gasteiger partial charge on any atom is 0.175 e. The molecule has 7 nitrogen and oxygen atoms in total. The Hall–Kier alpha value is -4.35. The van der Waals surface area contributed by atoms with Crippen LogP contribution in [-0.4, -0.2) is 30.7 Å². The number of nitrogens with two attached hydrogens (primary N) is 2. The minimum absolute atomic E-state index is 0.000725. The van der Waals surface area contributed by atoms with Crippen LogP contribution in [0.15, 0.2) is 83.0 Å². The number of rotatable bonds is 3. The average Bonchev–Trinajstić information content (AvgIpc) is 2.82. The minimum atomic E-state index is -3.33. The molecule has 164 valence electrons. The van der Waals surface area contributed by atoms with Crippen molar-refractivity contribution in [3.63, 3.8) is 0 Å². The van der Waals surface area contributed by atoms with Gasteiger partial charge in [0.2, 0.25) is 0 Å². The molecule has 0 saturated heterocycles. The van der Waals surface area contributed by atoms with Crippen LogP contribution in [0.25, 0.3) is 21.9 Å². The lowest BCUT2D eigenvalue weighted by Crippen LogP contribution is -2.12. The number of pyridine rings is 1. The van der Waals surface area contributed by atoms with Gasteiger partial charge in [0.15, 0.2) is 15.7 Å². The first kappa shape index (κ1) is 21.9. The van der Waals surface area contributed by atoms with Crippen molar-refractivity contribution in [1.82, 2.24) is 4.98 Å². The number of hydrogen-bond donors (Lipinski definition) is 3. The summed E-state index contributed by atoms with van der Waals surface area (Å²) in [6.45, 7) is 0. The molecule has 0 saturated carbocycles. The second-order valence-electron chi connectivity index (χ2n) is 7.43. The molecule has 0 spiro atoms. The number of hydrogen-bond acceptors (Lipinski definition) is 6. The Morgan fingerprint density at radius 1 is 0.970 bits per heavy atom. The van der Waals surface area contributed by atoms with Crippen LogP contribution in [0.2, 0.25) is 0 Å². The average molecular weight is 457 g/mol. The predicted molar refractivity (Wildman–Crippen MR) is 130 cm³/mol. The van der Waals surface area contributed by atoms with Gasteiger partial charge in [0, 0.05) is 34.4 Å². The van der Waals surface area contributed by atoms with Gasteiger partial charge in [-0.25, -0.2) is 13.4 Å². The molecule has 0 aliphatic carbocycles. The second-order valence-corrected chi connectivity index (χ2v) is 9.45. The van der Waals surface area contributed by atoms with E-state index in [1.165, 1.54) is 6.26 Å². The van der Waals surface area contributed by atoms with Crippen molar-refractivity contribution < 1.29 is 13.6 Å². The summed E-state index contributed by atoms with van der Waals surface area (Å²) in [5, 5.41) is 13.4. The first-order valence-corrected chi connectivity index (χ1v) is 11.7. The molecule has 4 rings (SSSR count). The number of nitrogens with zero attached hydrogens (tertiary/aromatic N) is 2. The van der Waals surface area contributed by atoms with E-state index in [2.05, 4.69) is 22.0 Å². The molecule has 1 aromatic heterocycles. The second kappa shape index (κ2) is 8.65. The fourth-order valence-electron chi connectivity index (χ4n) is 3.40. The van der Waals surface area contributed by atoms with Crippen molar-refractivity contribution in [2.75, 3.05) is 12.0 Å².